The molecule has 2 aliphatic rings. The highest BCUT2D eigenvalue weighted by Gasteiger charge is 2.30. The Labute approximate surface area is 128 Å². The van der Waals surface area contributed by atoms with E-state index < -0.39 is 6.03 Å². The van der Waals surface area contributed by atoms with Crippen molar-refractivity contribution in [3.63, 3.8) is 0 Å². The van der Waals surface area contributed by atoms with Crippen LogP contribution in [0, 0.1) is 0 Å². The summed E-state index contributed by atoms with van der Waals surface area (Å²) in [4.78, 5) is 37.8. The molecule has 2 heterocycles. The Morgan fingerprint density at radius 2 is 1.86 bits per heavy atom. The fraction of sp³-hybridized carbons (Fsp3) is 0.400. The molecule has 7 heteroatoms. The van der Waals surface area contributed by atoms with E-state index in [0.29, 0.717) is 25.1 Å². The van der Waals surface area contributed by atoms with Crippen LogP contribution in [0.2, 0.25) is 0 Å². The molecule has 3 N–H and O–H groups in total. The van der Waals surface area contributed by atoms with E-state index in [1.807, 2.05) is 0 Å². The highest BCUT2D eigenvalue weighted by molar-refractivity contribution is 5.97. The minimum atomic E-state index is -0.467. The average molecular weight is 302 g/mol. The van der Waals surface area contributed by atoms with Crippen LogP contribution in [0.25, 0.3) is 0 Å². The summed E-state index contributed by atoms with van der Waals surface area (Å²) in [5.41, 5.74) is 6.49. The van der Waals surface area contributed by atoms with Crippen molar-refractivity contribution in [2.24, 2.45) is 5.73 Å². The number of nitrogens with one attached hydrogen (secondary N) is 1. The predicted molar refractivity (Wildman–Crippen MR) is 80.4 cm³/mol. The summed E-state index contributed by atoms with van der Waals surface area (Å²) < 4.78 is 0. The Morgan fingerprint density at radius 1 is 1.18 bits per heavy atom. The number of likely N-dealkylation sites (tertiary alicyclic amines) is 1. The number of carbonyl (C=O) groups is 3. The molecule has 0 bridgehead atoms. The summed E-state index contributed by atoms with van der Waals surface area (Å²) in [6.07, 6.45) is 1.46. The van der Waals surface area contributed by atoms with E-state index in [9.17, 15) is 14.4 Å². The molecule has 2 fully saturated rings. The molecule has 3 rings (SSSR count). The quantitative estimate of drug-likeness (QED) is 0.841. The zero-order chi connectivity index (χ0) is 15.7. The van der Waals surface area contributed by atoms with Gasteiger partial charge in [0.05, 0.1) is 6.04 Å². The summed E-state index contributed by atoms with van der Waals surface area (Å²) >= 11 is 0. The standard InChI is InChI=1S/C15H18N4O3/c16-15(22)18-8-11(9-18)17-14(21)10-3-5-12(6-4-10)19-7-1-2-13(19)20/h3-6,11H,1-2,7-9H2,(H2,16,22)(H,17,21). The lowest BCUT2D eigenvalue weighted by Gasteiger charge is -2.38. The summed E-state index contributed by atoms with van der Waals surface area (Å²) in [7, 11) is 0. The van der Waals surface area contributed by atoms with Gasteiger partial charge in [-0.1, -0.05) is 0 Å². The fourth-order valence-corrected chi connectivity index (χ4v) is 2.73. The normalized spacial score (nSPS) is 18.3. The minimum absolute atomic E-state index is 0.0557. The van der Waals surface area contributed by atoms with Crippen LogP contribution in [-0.4, -0.2) is 48.4 Å². The first kappa shape index (κ1) is 14.4. The number of nitrogens with zero attached hydrogens (tertiary/aromatic N) is 2. The number of rotatable bonds is 3. The molecule has 0 aliphatic carbocycles. The van der Waals surface area contributed by atoms with Gasteiger partial charge in [0, 0.05) is 37.3 Å². The number of hydrogen-bond acceptors (Lipinski definition) is 3. The number of benzene rings is 1. The number of primary amides is 1. The Bertz CT molecular complexity index is 608. The smallest absolute Gasteiger partial charge is 0.314 e. The van der Waals surface area contributed by atoms with Gasteiger partial charge in [0.1, 0.15) is 0 Å². The van der Waals surface area contributed by atoms with Crippen LogP contribution in [0.4, 0.5) is 10.5 Å². The van der Waals surface area contributed by atoms with Crippen molar-refractivity contribution in [2.75, 3.05) is 24.5 Å². The summed E-state index contributed by atoms with van der Waals surface area (Å²) in [5, 5.41) is 2.85. The van der Waals surface area contributed by atoms with Crippen molar-refractivity contribution in [1.82, 2.24) is 10.2 Å². The number of amides is 4. The van der Waals surface area contributed by atoms with E-state index in [-0.39, 0.29) is 17.9 Å². The van der Waals surface area contributed by atoms with Crippen molar-refractivity contribution in [3.05, 3.63) is 29.8 Å². The van der Waals surface area contributed by atoms with Crippen LogP contribution in [-0.2, 0) is 4.79 Å². The second kappa shape index (κ2) is 5.67. The maximum atomic E-state index is 12.1. The van der Waals surface area contributed by atoms with E-state index in [0.717, 1.165) is 18.7 Å². The molecule has 1 aromatic carbocycles. The SMILES string of the molecule is NC(=O)N1CC(NC(=O)c2ccc(N3CCCC3=O)cc2)C1. The third kappa shape index (κ3) is 2.74. The summed E-state index contributed by atoms with van der Waals surface area (Å²) in [6, 6.07) is 6.47. The van der Waals surface area contributed by atoms with Crippen LogP contribution in [0.5, 0.6) is 0 Å². The predicted octanol–water partition coefficient (Wildman–Crippen LogP) is 0.306. The van der Waals surface area contributed by atoms with Gasteiger partial charge in [-0.15, -0.1) is 0 Å². The molecule has 4 amide bonds. The van der Waals surface area contributed by atoms with Gasteiger partial charge in [-0.05, 0) is 30.7 Å². The molecule has 1 aromatic rings. The first-order chi connectivity index (χ1) is 10.5. The molecule has 22 heavy (non-hydrogen) atoms. The molecule has 7 nitrogen and oxygen atoms in total. The molecule has 0 saturated carbocycles. The first-order valence-corrected chi connectivity index (χ1v) is 7.30. The van der Waals surface area contributed by atoms with Gasteiger partial charge < -0.3 is 20.9 Å². The van der Waals surface area contributed by atoms with E-state index in [4.69, 9.17) is 5.73 Å². The first-order valence-electron chi connectivity index (χ1n) is 7.30. The second-order valence-electron chi connectivity index (χ2n) is 5.61. The summed E-state index contributed by atoms with van der Waals surface area (Å²) in [5.74, 6) is -0.0633. The van der Waals surface area contributed by atoms with E-state index >= 15 is 0 Å². The van der Waals surface area contributed by atoms with Gasteiger partial charge >= 0.3 is 6.03 Å². The van der Waals surface area contributed by atoms with Gasteiger partial charge in [-0.2, -0.15) is 0 Å². The number of anilines is 1. The van der Waals surface area contributed by atoms with Crippen molar-refractivity contribution >= 4 is 23.5 Å². The second-order valence-corrected chi connectivity index (χ2v) is 5.61. The number of hydrogen-bond donors (Lipinski definition) is 2. The van der Waals surface area contributed by atoms with Crippen molar-refractivity contribution in [3.8, 4) is 0 Å². The lowest BCUT2D eigenvalue weighted by Crippen LogP contribution is -2.62. The Balaban J connectivity index is 1.57. The minimum Gasteiger partial charge on any atom is -0.351 e. The highest BCUT2D eigenvalue weighted by atomic mass is 16.2. The topological polar surface area (TPSA) is 95.7 Å². The van der Waals surface area contributed by atoms with Crippen LogP contribution >= 0.6 is 0 Å². The zero-order valence-electron chi connectivity index (χ0n) is 12.1. The maximum absolute atomic E-state index is 12.1. The van der Waals surface area contributed by atoms with Crippen molar-refractivity contribution in [1.29, 1.82) is 0 Å². The monoisotopic (exact) mass is 302 g/mol. The fourth-order valence-electron chi connectivity index (χ4n) is 2.73. The van der Waals surface area contributed by atoms with Gasteiger partial charge in [0.25, 0.3) is 5.91 Å². The van der Waals surface area contributed by atoms with Crippen LogP contribution in [0.3, 0.4) is 0 Å². The zero-order valence-corrected chi connectivity index (χ0v) is 12.1. The Hall–Kier alpha value is -2.57. The average Bonchev–Trinajstić information content (AvgIpc) is 2.88. The molecule has 2 aliphatic heterocycles. The third-order valence-corrected chi connectivity index (χ3v) is 4.04. The van der Waals surface area contributed by atoms with Gasteiger partial charge in [-0.25, -0.2) is 4.79 Å². The Morgan fingerprint density at radius 3 is 2.41 bits per heavy atom. The van der Waals surface area contributed by atoms with Crippen molar-refractivity contribution < 1.29 is 14.4 Å². The number of urea groups is 1. The molecule has 0 atom stereocenters. The van der Waals surface area contributed by atoms with Gasteiger partial charge in [0.15, 0.2) is 0 Å². The highest BCUT2D eigenvalue weighted by Crippen LogP contribution is 2.21. The third-order valence-electron chi connectivity index (χ3n) is 4.04. The van der Waals surface area contributed by atoms with E-state index in [1.165, 1.54) is 4.90 Å². The van der Waals surface area contributed by atoms with Gasteiger partial charge in [0.2, 0.25) is 5.91 Å². The molecular weight excluding hydrogens is 284 g/mol. The lowest BCUT2D eigenvalue weighted by atomic mass is 10.1. The summed E-state index contributed by atoms with van der Waals surface area (Å²) in [6.45, 7) is 1.62. The van der Waals surface area contributed by atoms with E-state index in [2.05, 4.69) is 5.32 Å². The van der Waals surface area contributed by atoms with Crippen molar-refractivity contribution in [2.45, 2.75) is 18.9 Å². The van der Waals surface area contributed by atoms with E-state index in [1.54, 1.807) is 29.2 Å². The largest absolute Gasteiger partial charge is 0.351 e. The number of nitrogens with two attached hydrogens (primary N) is 1. The molecule has 116 valence electrons. The molecule has 2 saturated heterocycles. The molecular formula is C15H18N4O3. The van der Waals surface area contributed by atoms with Crippen LogP contribution in [0.1, 0.15) is 23.2 Å². The lowest BCUT2D eigenvalue weighted by molar-refractivity contribution is -0.117. The van der Waals surface area contributed by atoms with Crippen LogP contribution < -0.4 is 16.0 Å². The maximum Gasteiger partial charge on any atom is 0.314 e. The Kier molecular flexibility index (Phi) is 3.70. The molecule has 0 aromatic heterocycles. The molecule has 0 unspecified atom stereocenters. The van der Waals surface area contributed by atoms with Crippen LogP contribution in [0.15, 0.2) is 24.3 Å². The number of carbonyl (C=O) groups excluding carboxylic acids is 3. The molecule has 0 radical (unpaired) electrons. The molecule has 0 spiro atoms. The van der Waals surface area contributed by atoms with Gasteiger partial charge in [-0.3, -0.25) is 9.59 Å².